The van der Waals surface area contributed by atoms with Crippen LogP contribution in [0, 0.1) is 5.92 Å². The molecule has 2 heterocycles. The van der Waals surface area contributed by atoms with E-state index in [-0.39, 0.29) is 11.8 Å². The molecule has 1 atom stereocenters. The molecular weight excluding hydrogens is 278 g/mol. The van der Waals surface area contributed by atoms with Gasteiger partial charge in [-0.1, -0.05) is 18.2 Å². The molecule has 1 N–H and O–H groups in total. The molecule has 0 aliphatic carbocycles. The molecule has 0 radical (unpaired) electrons. The second-order valence-electron chi connectivity index (χ2n) is 5.63. The van der Waals surface area contributed by atoms with Gasteiger partial charge in [0.2, 0.25) is 5.91 Å². The Hall–Kier alpha value is -2.30. The Balaban J connectivity index is 1.55. The highest BCUT2D eigenvalue weighted by atomic mass is 16.5. The average Bonchev–Trinajstić information content (AvgIpc) is 2.81. The van der Waals surface area contributed by atoms with Crippen molar-refractivity contribution >= 4 is 5.91 Å². The molecule has 116 valence electrons. The minimum Gasteiger partial charge on any atom is -0.493 e. The van der Waals surface area contributed by atoms with Gasteiger partial charge in [-0.2, -0.15) is 5.10 Å². The molecule has 0 unspecified atom stereocenters. The Kier molecular flexibility index (Phi) is 4.42. The highest BCUT2D eigenvalue weighted by Gasteiger charge is 2.23. The largest absolute Gasteiger partial charge is 0.493 e. The van der Waals surface area contributed by atoms with Gasteiger partial charge in [0.05, 0.1) is 6.61 Å². The number of aryl methyl sites for hydroxylation is 1. The maximum absolute atomic E-state index is 12.4. The maximum atomic E-state index is 12.4. The molecular formula is C17H21N3O2. The zero-order valence-electron chi connectivity index (χ0n) is 12.8. The molecule has 1 amide bonds. The van der Waals surface area contributed by atoms with Crippen molar-refractivity contribution in [1.82, 2.24) is 15.1 Å². The summed E-state index contributed by atoms with van der Waals surface area (Å²) in [6.07, 6.45) is 4.07. The van der Waals surface area contributed by atoms with E-state index >= 15 is 0 Å². The first kappa shape index (κ1) is 14.6. The molecule has 1 aliphatic heterocycles. The number of rotatable bonds is 4. The molecule has 2 aromatic rings. The van der Waals surface area contributed by atoms with Crippen molar-refractivity contribution in [2.75, 3.05) is 13.2 Å². The molecule has 1 aromatic heterocycles. The summed E-state index contributed by atoms with van der Waals surface area (Å²) < 4.78 is 7.55. The van der Waals surface area contributed by atoms with Crippen molar-refractivity contribution in [3.8, 4) is 5.75 Å². The van der Waals surface area contributed by atoms with Crippen LogP contribution in [0.3, 0.4) is 0 Å². The number of para-hydroxylation sites is 1. The summed E-state index contributed by atoms with van der Waals surface area (Å²) in [5.41, 5.74) is 2.24. The normalized spacial score (nSPS) is 17.2. The number of hydrogen-bond acceptors (Lipinski definition) is 3. The lowest BCUT2D eigenvalue weighted by Crippen LogP contribution is -2.33. The summed E-state index contributed by atoms with van der Waals surface area (Å²) in [5, 5.41) is 7.17. The van der Waals surface area contributed by atoms with Gasteiger partial charge in [0.25, 0.3) is 0 Å². The van der Waals surface area contributed by atoms with E-state index < -0.39 is 0 Å². The number of fused-ring (bicyclic) bond motifs is 1. The smallest absolute Gasteiger partial charge is 0.223 e. The zero-order chi connectivity index (χ0) is 15.4. The second kappa shape index (κ2) is 6.64. The van der Waals surface area contributed by atoms with E-state index in [0.29, 0.717) is 13.2 Å². The number of carbonyl (C=O) groups is 1. The highest BCUT2D eigenvalue weighted by molar-refractivity contribution is 5.79. The van der Waals surface area contributed by atoms with Gasteiger partial charge in [0.15, 0.2) is 0 Å². The second-order valence-corrected chi connectivity index (χ2v) is 5.63. The van der Waals surface area contributed by atoms with Crippen molar-refractivity contribution in [3.05, 3.63) is 47.8 Å². The monoisotopic (exact) mass is 299 g/mol. The standard InChI is InChI=1S/C17H21N3O2/c1-20-15(7-10-19-20)6-9-18-17(21)14-8-11-22-16-5-3-2-4-13(16)12-14/h2-5,7,10,14H,6,8-9,11-12H2,1H3,(H,18,21)/t14-/m0/s1. The summed E-state index contributed by atoms with van der Waals surface area (Å²) in [5.74, 6) is 1.00. The van der Waals surface area contributed by atoms with Crippen LogP contribution in [0.25, 0.3) is 0 Å². The Bertz CT molecular complexity index is 651. The first-order valence-corrected chi connectivity index (χ1v) is 7.69. The van der Waals surface area contributed by atoms with Gasteiger partial charge in [0, 0.05) is 37.8 Å². The number of nitrogens with zero attached hydrogens (tertiary/aromatic N) is 2. The summed E-state index contributed by atoms with van der Waals surface area (Å²) in [7, 11) is 1.91. The van der Waals surface area contributed by atoms with Gasteiger partial charge in [0.1, 0.15) is 5.75 Å². The van der Waals surface area contributed by atoms with Gasteiger partial charge in [-0.3, -0.25) is 9.48 Å². The molecule has 0 bridgehead atoms. The third kappa shape index (κ3) is 3.30. The quantitative estimate of drug-likeness (QED) is 0.935. The Labute approximate surface area is 130 Å². The lowest BCUT2D eigenvalue weighted by Gasteiger charge is -2.14. The number of amides is 1. The molecule has 3 rings (SSSR count). The molecule has 1 aliphatic rings. The SMILES string of the molecule is Cn1nccc1CCNC(=O)[C@H]1CCOc2ccccc2C1. The topological polar surface area (TPSA) is 56.2 Å². The summed E-state index contributed by atoms with van der Waals surface area (Å²) >= 11 is 0. The fourth-order valence-corrected chi connectivity index (χ4v) is 2.82. The van der Waals surface area contributed by atoms with E-state index in [0.717, 1.165) is 36.3 Å². The van der Waals surface area contributed by atoms with Gasteiger partial charge in [-0.15, -0.1) is 0 Å². The van der Waals surface area contributed by atoms with Gasteiger partial charge >= 0.3 is 0 Å². The van der Waals surface area contributed by atoms with Gasteiger partial charge in [-0.05, 0) is 30.5 Å². The Morgan fingerprint density at radius 1 is 1.41 bits per heavy atom. The summed E-state index contributed by atoms with van der Waals surface area (Å²) in [4.78, 5) is 12.4. The summed E-state index contributed by atoms with van der Waals surface area (Å²) in [6.45, 7) is 1.23. The number of hydrogen-bond donors (Lipinski definition) is 1. The lowest BCUT2D eigenvalue weighted by atomic mass is 9.96. The molecule has 0 saturated heterocycles. The van der Waals surface area contributed by atoms with Crippen molar-refractivity contribution in [3.63, 3.8) is 0 Å². The zero-order valence-corrected chi connectivity index (χ0v) is 12.8. The number of benzene rings is 1. The van der Waals surface area contributed by atoms with Crippen LogP contribution >= 0.6 is 0 Å². The number of nitrogens with one attached hydrogen (secondary N) is 1. The van der Waals surface area contributed by atoms with E-state index in [1.165, 1.54) is 0 Å². The number of aromatic nitrogens is 2. The first-order chi connectivity index (χ1) is 10.7. The fourth-order valence-electron chi connectivity index (χ4n) is 2.82. The van der Waals surface area contributed by atoms with Crippen molar-refractivity contribution in [2.24, 2.45) is 13.0 Å². The number of ether oxygens (including phenoxy) is 1. The lowest BCUT2D eigenvalue weighted by molar-refractivity contribution is -0.125. The van der Waals surface area contributed by atoms with Crippen LogP contribution in [0.5, 0.6) is 5.75 Å². The van der Waals surface area contributed by atoms with Crippen LogP contribution in [-0.2, 0) is 24.7 Å². The van der Waals surface area contributed by atoms with Crippen molar-refractivity contribution in [2.45, 2.75) is 19.3 Å². The fraction of sp³-hybridized carbons (Fsp3) is 0.412. The third-order valence-electron chi connectivity index (χ3n) is 4.14. The predicted octanol–water partition coefficient (Wildman–Crippen LogP) is 1.72. The van der Waals surface area contributed by atoms with E-state index in [2.05, 4.69) is 10.4 Å². The third-order valence-corrected chi connectivity index (χ3v) is 4.14. The van der Waals surface area contributed by atoms with E-state index in [1.807, 2.05) is 42.1 Å². The Morgan fingerprint density at radius 2 is 2.27 bits per heavy atom. The van der Waals surface area contributed by atoms with Crippen LogP contribution in [0.15, 0.2) is 36.5 Å². The maximum Gasteiger partial charge on any atom is 0.223 e. The van der Waals surface area contributed by atoms with Crippen LogP contribution in [0.1, 0.15) is 17.7 Å². The molecule has 5 heteroatoms. The molecule has 0 saturated carbocycles. The summed E-state index contributed by atoms with van der Waals surface area (Å²) in [6, 6.07) is 9.94. The minimum atomic E-state index is -0.0183. The van der Waals surface area contributed by atoms with Crippen LogP contribution in [-0.4, -0.2) is 28.8 Å². The Morgan fingerprint density at radius 3 is 3.09 bits per heavy atom. The van der Waals surface area contributed by atoms with Crippen molar-refractivity contribution in [1.29, 1.82) is 0 Å². The van der Waals surface area contributed by atoms with E-state index in [4.69, 9.17) is 4.74 Å². The van der Waals surface area contributed by atoms with Crippen LogP contribution in [0.2, 0.25) is 0 Å². The first-order valence-electron chi connectivity index (χ1n) is 7.69. The molecule has 0 spiro atoms. The van der Waals surface area contributed by atoms with Gasteiger partial charge in [-0.25, -0.2) is 0 Å². The van der Waals surface area contributed by atoms with Gasteiger partial charge < -0.3 is 10.1 Å². The number of carbonyl (C=O) groups excluding carboxylic acids is 1. The molecule has 22 heavy (non-hydrogen) atoms. The van der Waals surface area contributed by atoms with Crippen LogP contribution < -0.4 is 10.1 Å². The molecule has 1 aromatic carbocycles. The highest BCUT2D eigenvalue weighted by Crippen LogP contribution is 2.26. The van der Waals surface area contributed by atoms with Crippen LogP contribution in [0.4, 0.5) is 0 Å². The van der Waals surface area contributed by atoms with E-state index in [9.17, 15) is 4.79 Å². The van der Waals surface area contributed by atoms with Crippen molar-refractivity contribution < 1.29 is 9.53 Å². The minimum absolute atomic E-state index is 0.0183. The molecule has 0 fully saturated rings. The molecule has 5 nitrogen and oxygen atoms in total. The average molecular weight is 299 g/mol. The predicted molar refractivity (Wildman–Crippen MR) is 83.7 cm³/mol. The van der Waals surface area contributed by atoms with E-state index in [1.54, 1.807) is 6.20 Å².